The van der Waals surface area contributed by atoms with Crippen LogP contribution in [0, 0.1) is 0 Å². The molecular formula is C23H25N3O4. The molecule has 0 spiro atoms. The first-order valence-corrected chi connectivity index (χ1v) is 9.89. The maximum atomic E-state index is 13.7. The Morgan fingerprint density at radius 2 is 1.37 bits per heavy atom. The molecule has 156 valence electrons. The zero-order valence-electron chi connectivity index (χ0n) is 17.4. The Balaban J connectivity index is 1.87. The molecule has 1 fully saturated rings. The number of piperazine rings is 1. The molecular weight excluding hydrogens is 382 g/mol. The minimum Gasteiger partial charge on any atom is -0.496 e. The number of hydrogen-bond donors (Lipinski definition) is 0. The first-order valence-electron chi connectivity index (χ1n) is 9.89. The normalized spacial score (nSPS) is 17.7. The molecule has 0 N–H and O–H groups in total. The second-order valence-corrected chi connectivity index (χ2v) is 7.33. The summed E-state index contributed by atoms with van der Waals surface area (Å²) < 4.78 is 10.9. The van der Waals surface area contributed by atoms with Crippen LogP contribution >= 0.6 is 0 Å². The molecule has 0 unspecified atom stereocenters. The second-order valence-electron chi connectivity index (χ2n) is 7.33. The van der Waals surface area contributed by atoms with Crippen molar-refractivity contribution in [2.75, 3.05) is 52.3 Å². The summed E-state index contributed by atoms with van der Waals surface area (Å²) in [4.78, 5) is 32.7. The lowest BCUT2D eigenvalue weighted by Gasteiger charge is -2.34. The summed E-state index contributed by atoms with van der Waals surface area (Å²) in [6.45, 7) is 2.98. The molecule has 2 aliphatic heterocycles. The van der Waals surface area contributed by atoms with E-state index in [0.29, 0.717) is 47.1 Å². The molecule has 0 radical (unpaired) electrons. The average molecular weight is 407 g/mol. The number of imide groups is 1. The van der Waals surface area contributed by atoms with Crippen LogP contribution < -0.4 is 14.4 Å². The van der Waals surface area contributed by atoms with Crippen molar-refractivity contribution in [2.45, 2.75) is 0 Å². The molecule has 7 nitrogen and oxygen atoms in total. The highest BCUT2D eigenvalue weighted by Gasteiger charge is 2.44. The summed E-state index contributed by atoms with van der Waals surface area (Å²) in [6.07, 6.45) is 0. The number of ether oxygens (including phenoxy) is 2. The van der Waals surface area contributed by atoms with Crippen LogP contribution in [0.25, 0.3) is 5.57 Å². The molecule has 2 amide bonds. The van der Waals surface area contributed by atoms with E-state index in [-0.39, 0.29) is 11.8 Å². The summed E-state index contributed by atoms with van der Waals surface area (Å²) >= 11 is 0. The zero-order valence-corrected chi connectivity index (χ0v) is 17.4. The topological polar surface area (TPSA) is 62.3 Å². The molecule has 2 aliphatic rings. The van der Waals surface area contributed by atoms with Gasteiger partial charge in [0.1, 0.15) is 17.2 Å². The van der Waals surface area contributed by atoms with Gasteiger partial charge in [0, 0.05) is 31.7 Å². The molecule has 0 saturated carbocycles. The lowest BCUT2D eigenvalue weighted by atomic mass is 10.0. The molecule has 0 atom stereocenters. The van der Waals surface area contributed by atoms with E-state index in [2.05, 4.69) is 11.9 Å². The lowest BCUT2D eigenvalue weighted by Crippen LogP contribution is -2.46. The highest BCUT2D eigenvalue weighted by atomic mass is 16.5. The highest BCUT2D eigenvalue weighted by molar-refractivity contribution is 6.46. The van der Waals surface area contributed by atoms with Gasteiger partial charge in [-0.15, -0.1) is 0 Å². The Hall–Kier alpha value is -3.32. The number of rotatable bonds is 5. The van der Waals surface area contributed by atoms with Gasteiger partial charge in [0.05, 0.1) is 25.5 Å². The van der Waals surface area contributed by atoms with Crippen molar-refractivity contribution in [2.24, 2.45) is 0 Å². The molecule has 4 rings (SSSR count). The summed E-state index contributed by atoms with van der Waals surface area (Å²) in [6, 6.07) is 14.4. The largest absolute Gasteiger partial charge is 0.496 e. The lowest BCUT2D eigenvalue weighted by molar-refractivity contribution is -0.120. The van der Waals surface area contributed by atoms with Gasteiger partial charge in [-0.2, -0.15) is 0 Å². The molecule has 1 saturated heterocycles. The van der Waals surface area contributed by atoms with Gasteiger partial charge in [-0.1, -0.05) is 30.3 Å². The van der Waals surface area contributed by atoms with Crippen molar-refractivity contribution in [1.82, 2.24) is 9.80 Å². The van der Waals surface area contributed by atoms with Gasteiger partial charge in [-0.3, -0.25) is 9.59 Å². The minimum atomic E-state index is -0.372. The summed E-state index contributed by atoms with van der Waals surface area (Å²) in [5.74, 6) is 0.318. The molecule has 2 heterocycles. The maximum Gasteiger partial charge on any atom is 0.282 e. The van der Waals surface area contributed by atoms with E-state index in [0.717, 1.165) is 13.1 Å². The van der Waals surface area contributed by atoms with Crippen molar-refractivity contribution >= 4 is 23.1 Å². The monoisotopic (exact) mass is 407 g/mol. The number of nitrogens with zero attached hydrogens (tertiary/aromatic N) is 3. The number of para-hydroxylation sites is 3. The molecule has 0 bridgehead atoms. The fourth-order valence-electron chi connectivity index (χ4n) is 3.97. The van der Waals surface area contributed by atoms with Gasteiger partial charge in [0.25, 0.3) is 11.8 Å². The highest BCUT2D eigenvalue weighted by Crippen LogP contribution is 2.40. The smallest absolute Gasteiger partial charge is 0.282 e. The molecule has 0 aliphatic carbocycles. The Kier molecular flexibility index (Phi) is 5.46. The minimum absolute atomic E-state index is 0.338. The van der Waals surface area contributed by atoms with E-state index in [1.807, 2.05) is 29.2 Å². The molecule has 0 aromatic heterocycles. The van der Waals surface area contributed by atoms with Crippen molar-refractivity contribution in [3.05, 3.63) is 59.8 Å². The fourth-order valence-corrected chi connectivity index (χ4v) is 3.97. The van der Waals surface area contributed by atoms with Gasteiger partial charge in [-0.05, 0) is 25.2 Å². The third-order valence-electron chi connectivity index (χ3n) is 5.58. The summed E-state index contributed by atoms with van der Waals surface area (Å²) in [7, 11) is 5.14. The third-order valence-corrected chi connectivity index (χ3v) is 5.58. The predicted molar refractivity (Wildman–Crippen MR) is 114 cm³/mol. The van der Waals surface area contributed by atoms with Crippen molar-refractivity contribution in [3.8, 4) is 11.5 Å². The van der Waals surface area contributed by atoms with Crippen molar-refractivity contribution < 1.29 is 19.1 Å². The van der Waals surface area contributed by atoms with Crippen LogP contribution in [-0.4, -0.2) is 69.1 Å². The number of hydrogen-bond acceptors (Lipinski definition) is 6. The fraction of sp³-hybridized carbons (Fsp3) is 0.304. The Labute approximate surface area is 176 Å². The molecule has 30 heavy (non-hydrogen) atoms. The zero-order chi connectivity index (χ0) is 21.3. The van der Waals surface area contributed by atoms with Crippen LogP contribution in [0.5, 0.6) is 11.5 Å². The van der Waals surface area contributed by atoms with E-state index in [9.17, 15) is 9.59 Å². The average Bonchev–Trinajstić information content (AvgIpc) is 3.04. The van der Waals surface area contributed by atoms with Gasteiger partial charge >= 0.3 is 0 Å². The van der Waals surface area contributed by atoms with Crippen LogP contribution in [0.2, 0.25) is 0 Å². The molecule has 7 heteroatoms. The van der Waals surface area contributed by atoms with Gasteiger partial charge in [0.15, 0.2) is 0 Å². The van der Waals surface area contributed by atoms with Gasteiger partial charge in [-0.25, -0.2) is 4.90 Å². The Morgan fingerprint density at radius 3 is 2.03 bits per heavy atom. The standard InChI is InChI=1S/C23H25N3O4/c1-24-12-14-25(15-13-24)21-20(16-8-4-6-10-18(16)29-2)22(27)26(23(21)28)17-9-5-7-11-19(17)30-3/h4-11H,12-15H2,1-3H3. The Morgan fingerprint density at radius 1 is 0.767 bits per heavy atom. The first kappa shape index (κ1) is 20.0. The SMILES string of the molecule is COc1ccccc1C1=C(N2CCN(C)CC2)C(=O)N(c2ccccc2OC)C1=O. The molecule has 2 aromatic rings. The number of methoxy groups -OCH3 is 2. The number of likely N-dealkylation sites (N-methyl/N-ethyl adjacent to an activating group) is 1. The van der Waals surface area contributed by atoms with Crippen LogP contribution in [0.1, 0.15) is 5.56 Å². The number of benzene rings is 2. The van der Waals surface area contributed by atoms with E-state index >= 15 is 0 Å². The van der Waals surface area contributed by atoms with E-state index in [1.165, 1.54) is 12.0 Å². The van der Waals surface area contributed by atoms with Crippen molar-refractivity contribution in [3.63, 3.8) is 0 Å². The first-order chi connectivity index (χ1) is 14.6. The summed E-state index contributed by atoms with van der Waals surface area (Å²) in [5.41, 5.74) is 1.84. The van der Waals surface area contributed by atoms with Crippen LogP contribution in [0.15, 0.2) is 54.2 Å². The van der Waals surface area contributed by atoms with Crippen LogP contribution in [-0.2, 0) is 9.59 Å². The van der Waals surface area contributed by atoms with Crippen LogP contribution in [0.3, 0.4) is 0 Å². The number of anilines is 1. The van der Waals surface area contributed by atoms with Gasteiger partial charge in [0.2, 0.25) is 0 Å². The molecule has 2 aromatic carbocycles. The van der Waals surface area contributed by atoms with E-state index in [1.54, 1.807) is 31.4 Å². The van der Waals surface area contributed by atoms with E-state index in [4.69, 9.17) is 9.47 Å². The number of carbonyl (C=O) groups is 2. The Bertz CT molecular complexity index is 1010. The maximum absolute atomic E-state index is 13.7. The quantitative estimate of drug-likeness (QED) is 0.709. The predicted octanol–water partition coefficient (Wildman–Crippen LogP) is 2.24. The van der Waals surface area contributed by atoms with Crippen molar-refractivity contribution in [1.29, 1.82) is 0 Å². The van der Waals surface area contributed by atoms with Gasteiger partial charge < -0.3 is 19.3 Å². The number of amides is 2. The second kappa shape index (κ2) is 8.20. The third kappa shape index (κ3) is 3.31. The van der Waals surface area contributed by atoms with Crippen LogP contribution in [0.4, 0.5) is 5.69 Å². The van der Waals surface area contributed by atoms with E-state index < -0.39 is 0 Å². The summed E-state index contributed by atoms with van der Waals surface area (Å²) in [5, 5.41) is 0. The number of carbonyl (C=O) groups excluding carboxylic acids is 2.